The van der Waals surface area contributed by atoms with E-state index >= 15 is 0 Å². The van der Waals surface area contributed by atoms with Gasteiger partial charge in [-0.2, -0.15) is 10.5 Å². The van der Waals surface area contributed by atoms with E-state index in [9.17, 15) is 10.5 Å². The lowest BCUT2D eigenvalue weighted by atomic mass is 10.0. The molecule has 0 bridgehead atoms. The van der Waals surface area contributed by atoms with Gasteiger partial charge in [-0.3, -0.25) is 0 Å². The summed E-state index contributed by atoms with van der Waals surface area (Å²) in [6.45, 7) is 6.33. The molecule has 0 amide bonds. The first-order valence-corrected chi connectivity index (χ1v) is 20.9. The maximum absolute atomic E-state index is 10.4. The Morgan fingerprint density at radius 3 is 1.71 bits per heavy atom. The second kappa shape index (κ2) is 22.6. The van der Waals surface area contributed by atoms with Crippen LogP contribution in [-0.2, 0) is 12.8 Å². The molecule has 2 aromatic heterocycles. The highest BCUT2D eigenvalue weighted by atomic mass is 32.1. The molecule has 2 N–H and O–H groups in total. The molecule has 3 aromatic carbocycles. The molecule has 288 valence electrons. The summed E-state index contributed by atoms with van der Waals surface area (Å²) in [7, 11) is 0. The second-order valence-electron chi connectivity index (χ2n) is 14.1. The van der Waals surface area contributed by atoms with Crippen LogP contribution in [0.3, 0.4) is 0 Å². The summed E-state index contributed by atoms with van der Waals surface area (Å²) in [5.74, 6) is 0.863. The fourth-order valence-electron chi connectivity index (χ4n) is 6.40. The summed E-state index contributed by atoms with van der Waals surface area (Å²) in [6, 6.07) is 32.4. The molecule has 2 heterocycles. The minimum Gasteiger partial charge on any atom is -0.339 e. The first-order valence-electron chi connectivity index (χ1n) is 20.1. The number of hydrogen-bond donors (Lipinski definition) is 2. The van der Waals surface area contributed by atoms with Gasteiger partial charge in [0, 0.05) is 16.9 Å². The number of unbranched alkanes of at least 4 members (excludes halogenated alkanes) is 10. The fraction of sp³-hybridized carbons (Fsp3) is 0.370. The lowest BCUT2D eigenvalue weighted by Crippen LogP contribution is -2.04. The van der Waals surface area contributed by atoms with E-state index in [1.807, 2.05) is 49.4 Å². The number of thiophene rings is 1. The van der Waals surface area contributed by atoms with Gasteiger partial charge in [0.2, 0.25) is 0 Å². The molecule has 0 saturated heterocycles. The normalized spacial score (nSPS) is 11.2. The monoisotopic (exact) mass is 763 g/mol. The zero-order valence-electron chi connectivity index (χ0n) is 33.0. The van der Waals surface area contributed by atoms with E-state index in [0.717, 1.165) is 24.2 Å². The van der Waals surface area contributed by atoms with E-state index < -0.39 is 0 Å². The van der Waals surface area contributed by atoms with Crippen LogP contribution in [0.2, 0.25) is 0 Å². The second-order valence-corrected chi connectivity index (χ2v) is 15.1. The minimum absolute atomic E-state index is 0.334. The Labute approximate surface area is 336 Å². The lowest BCUT2D eigenvalue weighted by Gasteiger charge is -2.16. The van der Waals surface area contributed by atoms with Crippen molar-refractivity contribution in [1.82, 2.24) is 4.98 Å². The minimum atomic E-state index is 0.334. The van der Waals surface area contributed by atoms with Gasteiger partial charge in [-0.05, 0) is 86.2 Å². The van der Waals surface area contributed by atoms with Gasteiger partial charge >= 0.3 is 0 Å². The Morgan fingerprint density at radius 2 is 1.16 bits per heavy atom. The summed E-state index contributed by atoms with van der Waals surface area (Å²) < 4.78 is 0. The van der Waals surface area contributed by atoms with E-state index in [0.29, 0.717) is 49.7 Å². The van der Waals surface area contributed by atoms with Crippen LogP contribution >= 0.6 is 11.3 Å². The van der Waals surface area contributed by atoms with E-state index in [1.54, 1.807) is 6.07 Å². The Bertz CT molecular complexity index is 2110. The van der Waals surface area contributed by atoms with Gasteiger partial charge in [-0.1, -0.05) is 132 Å². The molecule has 0 unspecified atom stereocenters. The first-order chi connectivity index (χ1) is 27.5. The van der Waals surface area contributed by atoms with Gasteiger partial charge in [0.05, 0.1) is 16.8 Å². The largest absolute Gasteiger partial charge is 0.339 e. The van der Waals surface area contributed by atoms with Crippen molar-refractivity contribution in [2.45, 2.75) is 111 Å². The molecule has 9 nitrogen and oxygen atoms in total. The number of nitrogens with zero attached hydrogens (tertiary/aromatic N) is 7. The molecule has 0 aliphatic rings. The van der Waals surface area contributed by atoms with Gasteiger partial charge in [0.25, 0.3) is 0 Å². The summed E-state index contributed by atoms with van der Waals surface area (Å²) >= 11 is 1.21. The molecule has 56 heavy (non-hydrogen) atoms. The van der Waals surface area contributed by atoms with Crippen molar-refractivity contribution in [2.24, 2.45) is 20.5 Å². The topological polar surface area (TPSA) is 134 Å². The molecule has 0 spiro atoms. The number of benzene rings is 3. The quantitative estimate of drug-likeness (QED) is 0.0534. The maximum atomic E-state index is 10.4. The van der Waals surface area contributed by atoms with Crippen LogP contribution in [-0.4, -0.2) is 4.98 Å². The molecule has 5 rings (SSSR count). The highest BCUT2D eigenvalue weighted by Gasteiger charge is 2.19. The number of hydrogen-bond acceptors (Lipinski definition) is 10. The van der Waals surface area contributed by atoms with Crippen molar-refractivity contribution in [3.05, 3.63) is 113 Å². The zero-order chi connectivity index (χ0) is 39.4. The van der Waals surface area contributed by atoms with Crippen LogP contribution in [0, 0.1) is 29.6 Å². The van der Waals surface area contributed by atoms with Crippen molar-refractivity contribution >= 4 is 55.7 Å². The number of aromatic nitrogens is 1. The number of nitriles is 2. The molecule has 0 radical (unpaired) electrons. The number of aryl methyl sites for hydroxylation is 2. The van der Waals surface area contributed by atoms with E-state index in [2.05, 4.69) is 93.5 Å². The SMILES string of the molecule is CCCCCCCCc1ccc(Nc2nc(Nc3ccc(CCCCCCCC)cc3)c(N=Nc3sc(N=Nc4ccccc4)cc3C#N)c(C)c2C#N)cc1. The van der Waals surface area contributed by atoms with E-state index in [-0.39, 0.29) is 0 Å². The Hall–Kier alpha value is -5.71. The molecular formula is C46H53N9S. The maximum Gasteiger partial charge on any atom is 0.161 e. The van der Waals surface area contributed by atoms with Gasteiger partial charge < -0.3 is 10.6 Å². The molecule has 0 aliphatic heterocycles. The third-order valence-corrected chi connectivity index (χ3v) is 10.6. The third kappa shape index (κ3) is 12.7. The molecule has 0 saturated carbocycles. The average Bonchev–Trinajstić information content (AvgIpc) is 3.63. The van der Waals surface area contributed by atoms with Crippen LogP contribution in [0.25, 0.3) is 0 Å². The lowest BCUT2D eigenvalue weighted by molar-refractivity contribution is 0.607. The van der Waals surface area contributed by atoms with Crippen molar-refractivity contribution in [1.29, 1.82) is 10.5 Å². The van der Waals surface area contributed by atoms with E-state index in [1.165, 1.54) is 99.5 Å². The number of rotatable bonds is 22. The molecule has 0 atom stereocenters. The van der Waals surface area contributed by atoms with Crippen LogP contribution in [0.15, 0.2) is 105 Å². The number of anilines is 4. The molecule has 0 aliphatic carbocycles. The number of azo groups is 2. The Kier molecular flexibility index (Phi) is 16.7. The van der Waals surface area contributed by atoms with Crippen molar-refractivity contribution in [3.8, 4) is 12.1 Å². The molecular weight excluding hydrogens is 711 g/mol. The zero-order valence-corrected chi connectivity index (χ0v) is 33.8. The van der Waals surface area contributed by atoms with Crippen LogP contribution < -0.4 is 10.6 Å². The van der Waals surface area contributed by atoms with Crippen molar-refractivity contribution in [2.75, 3.05) is 10.6 Å². The van der Waals surface area contributed by atoms with Gasteiger partial charge in [0.1, 0.15) is 22.8 Å². The summed E-state index contributed by atoms with van der Waals surface area (Å²) in [5.41, 5.74) is 6.68. The van der Waals surface area contributed by atoms with Gasteiger partial charge in [-0.15, -0.1) is 20.5 Å². The molecule has 5 aromatic rings. The smallest absolute Gasteiger partial charge is 0.161 e. The average molecular weight is 764 g/mol. The van der Waals surface area contributed by atoms with Crippen molar-refractivity contribution in [3.63, 3.8) is 0 Å². The fourth-order valence-corrected chi connectivity index (χ4v) is 7.16. The number of nitrogens with one attached hydrogen (secondary N) is 2. The van der Waals surface area contributed by atoms with E-state index in [4.69, 9.17) is 4.98 Å². The Balaban J connectivity index is 1.40. The van der Waals surface area contributed by atoms with Gasteiger partial charge in [-0.25, -0.2) is 4.98 Å². The van der Waals surface area contributed by atoms with Gasteiger partial charge in [0.15, 0.2) is 16.6 Å². The van der Waals surface area contributed by atoms with Crippen molar-refractivity contribution < 1.29 is 0 Å². The predicted molar refractivity (Wildman–Crippen MR) is 231 cm³/mol. The summed E-state index contributed by atoms with van der Waals surface area (Å²) in [5, 5.41) is 45.8. The predicted octanol–water partition coefficient (Wildman–Crippen LogP) is 15.3. The summed E-state index contributed by atoms with van der Waals surface area (Å²) in [6.07, 6.45) is 17.3. The standard InChI is InChI=1S/C46H53N9S/c1-4-6-8-10-12-15-19-35-23-27-38(28-24-35)49-44-41(33-48)34(3)43(45(51-44)50-39-29-25-36(26-30-39)20-16-13-11-9-7-5-2)54-55-46-37(32-47)31-42(56-46)53-52-40-21-17-14-18-22-40/h14,17-18,21-31H,4-13,15-16,19-20H2,1-3H3,(H2,49,50,51). The highest BCUT2D eigenvalue weighted by Crippen LogP contribution is 2.41. The third-order valence-electron chi connectivity index (χ3n) is 9.68. The summed E-state index contributed by atoms with van der Waals surface area (Å²) in [4.78, 5) is 4.94. The Morgan fingerprint density at radius 1 is 0.607 bits per heavy atom. The number of pyridine rings is 1. The van der Waals surface area contributed by atoms with Crippen LogP contribution in [0.1, 0.15) is 119 Å². The molecule has 10 heteroatoms. The highest BCUT2D eigenvalue weighted by molar-refractivity contribution is 7.19. The molecule has 0 fully saturated rings. The van der Waals surface area contributed by atoms with Crippen LogP contribution in [0.4, 0.5) is 44.4 Å². The van der Waals surface area contributed by atoms with Crippen LogP contribution in [0.5, 0.6) is 0 Å². The first kappa shape index (κ1) is 41.5.